The Labute approximate surface area is 105 Å². The topological polar surface area (TPSA) is 15.3 Å². The molecule has 2 aliphatic rings. The standard InChI is InChI=1S/C13H26N2S/c1-3-14-12-6-7-15(11(2)9-12)10-13-5-4-8-16-13/h11-14H,3-10H2,1-2H3. The number of piperidine rings is 1. The minimum atomic E-state index is 0.771. The monoisotopic (exact) mass is 242 g/mol. The number of hydrogen-bond acceptors (Lipinski definition) is 3. The zero-order valence-electron chi connectivity index (χ0n) is 10.7. The number of hydrogen-bond donors (Lipinski definition) is 1. The molecule has 2 heterocycles. The molecule has 3 unspecified atom stereocenters. The van der Waals surface area contributed by atoms with Gasteiger partial charge in [-0.3, -0.25) is 4.90 Å². The average molecular weight is 242 g/mol. The average Bonchev–Trinajstić information content (AvgIpc) is 2.75. The van der Waals surface area contributed by atoms with Gasteiger partial charge in [0.1, 0.15) is 0 Å². The zero-order valence-corrected chi connectivity index (χ0v) is 11.6. The van der Waals surface area contributed by atoms with E-state index in [-0.39, 0.29) is 0 Å². The lowest BCUT2D eigenvalue weighted by atomic mass is 9.98. The molecule has 0 aromatic heterocycles. The number of thioether (sulfide) groups is 1. The molecule has 2 fully saturated rings. The summed E-state index contributed by atoms with van der Waals surface area (Å²) in [7, 11) is 0. The summed E-state index contributed by atoms with van der Waals surface area (Å²) in [6, 6.07) is 1.55. The molecule has 2 saturated heterocycles. The van der Waals surface area contributed by atoms with Gasteiger partial charge in [-0.05, 0) is 51.4 Å². The fraction of sp³-hybridized carbons (Fsp3) is 1.00. The van der Waals surface area contributed by atoms with Crippen LogP contribution in [0, 0.1) is 0 Å². The maximum absolute atomic E-state index is 3.60. The smallest absolute Gasteiger partial charge is 0.0175 e. The molecule has 0 radical (unpaired) electrons. The van der Waals surface area contributed by atoms with Crippen LogP contribution in [0.5, 0.6) is 0 Å². The molecule has 0 aromatic rings. The molecule has 2 aliphatic heterocycles. The van der Waals surface area contributed by atoms with Gasteiger partial charge in [0, 0.05) is 23.9 Å². The molecule has 94 valence electrons. The van der Waals surface area contributed by atoms with Gasteiger partial charge in [0.15, 0.2) is 0 Å². The van der Waals surface area contributed by atoms with E-state index in [1.807, 2.05) is 0 Å². The molecule has 2 rings (SSSR count). The Morgan fingerprint density at radius 2 is 2.25 bits per heavy atom. The molecule has 0 bridgehead atoms. The fourth-order valence-corrected chi connectivity index (χ4v) is 4.31. The first kappa shape index (κ1) is 12.7. The second kappa shape index (κ2) is 6.27. The van der Waals surface area contributed by atoms with Gasteiger partial charge in [-0.2, -0.15) is 11.8 Å². The van der Waals surface area contributed by atoms with Crippen LogP contribution < -0.4 is 5.32 Å². The molecule has 3 atom stereocenters. The van der Waals surface area contributed by atoms with Crippen molar-refractivity contribution in [3.8, 4) is 0 Å². The second-order valence-electron chi connectivity index (χ2n) is 5.26. The van der Waals surface area contributed by atoms with E-state index < -0.39 is 0 Å². The Kier molecular flexibility index (Phi) is 4.98. The molecule has 0 aromatic carbocycles. The highest BCUT2D eigenvalue weighted by molar-refractivity contribution is 8.00. The van der Waals surface area contributed by atoms with Gasteiger partial charge in [-0.15, -0.1) is 0 Å². The summed E-state index contributed by atoms with van der Waals surface area (Å²) in [6.45, 7) is 8.38. The first-order valence-corrected chi connectivity index (χ1v) is 7.93. The highest BCUT2D eigenvalue weighted by atomic mass is 32.2. The molecular formula is C13H26N2S. The summed E-state index contributed by atoms with van der Waals surface area (Å²) in [5.41, 5.74) is 0. The van der Waals surface area contributed by atoms with Gasteiger partial charge in [-0.1, -0.05) is 6.92 Å². The Hall–Kier alpha value is 0.270. The lowest BCUT2D eigenvalue weighted by Gasteiger charge is -2.39. The first-order valence-electron chi connectivity index (χ1n) is 6.88. The van der Waals surface area contributed by atoms with Crippen molar-refractivity contribution in [1.29, 1.82) is 0 Å². The summed E-state index contributed by atoms with van der Waals surface area (Å²) >= 11 is 2.19. The van der Waals surface area contributed by atoms with Gasteiger partial charge in [0.25, 0.3) is 0 Å². The lowest BCUT2D eigenvalue weighted by Crippen LogP contribution is -2.49. The van der Waals surface area contributed by atoms with Crippen LogP contribution in [-0.2, 0) is 0 Å². The van der Waals surface area contributed by atoms with Gasteiger partial charge < -0.3 is 5.32 Å². The van der Waals surface area contributed by atoms with Crippen LogP contribution in [0.2, 0.25) is 0 Å². The SMILES string of the molecule is CCNC1CCN(CC2CCCS2)C(C)C1. The highest BCUT2D eigenvalue weighted by Crippen LogP contribution is 2.28. The maximum Gasteiger partial charge on any atom is 0.0175 e. The van der Waals surface area contributed by atoms with E-state index in [0.29, 0.717) is 0 Å². The van der Waals surface area contributed by atoms with Crippen molar-refractivity contribution in [2.75, 3.05) is 25.4 Å². The van der Waals surface area contributed by atoms with E-state index in [1.54, 1.807) is 0 Å². The predicted molar refractivity (Wildman–Crippen MR) is 73.2 cm³/mol. The van der Waals surface area contributed by atoms with Crippen LogP contribution in [0.3, 0.4) is 0 Å². The minimum absolute atomic E-state index is 0.771. The number of nitrogens with zero attached hydrogens (tertiary/aromatic N) is 1. The Morgan fingerprint density at radius 3 is 2.88 bits per heavy atom. The second-order valence-corrected chi connectivity index (χ2v) is 6.67. The van der Waals surface area contributed by atoms with E-state index in [0.717, 1.165) is 23.9 Å². The van der Waals surface area contributed by atoms with E-state index in [9.17, 15) is 0 Å². The molecule has 16 heavy (non-hydrogen) atoms. The summed E-state index contributed by atoms with van der Waals surface area (Å²) in [6.07, 6.45) is 5.57. The van der Waals surface area contributed by atoms with Crippen LogP contribution in [0.15, 0.2) is 0 Å². The molecule has 0 saturated carbocycles. The van der Waals surface area contributed by atoms with Crippen molar-refractivity contribution in [2.24, 2.45) is 0 Å². The summed E-state index contributed by atoms with van der Waals surface area (Å²) in [5.74, 6) is 1.40. The molecule has 0 spiro atoms. The molecule has 0 amide bonds. The van der Waals surface area contributed by atoms with E-state index in [4.69, 9.17) is 0 Å². The number of likely N-dealkylation sites (tertiary alicyclic amines) is 1. The fourth-order valence-electron chi connectivity index (χ4n) is 3.02. The van der Waals surface area contributed by atoms with Gasteiger partial charge in [0.05, 0.1) is 0 Å². The predicted octanol–water partition coefficient (Wildman–Crippen LogP) is 2.34. The van der Waals surface area contributed by atoms with Gasteiger partial charge in [-0.25, -0.2) is 0 Å². The van der Waals surface area contributed by atoms with Crippen molar-refractivity contribution in [2.45, 2.75) is 56.9 Å². The largest absolute Gasteiger partial charge is 0.314 e. The van der Waals surface area contributed by atoms with Crippen LogP contribution in [-0.4, -0.2) is 47.6 Å². The normalized spacial score (nSPS) is 36.8. The zero-order chi connectivity index (χ0) is 11.4. The first-order chi connectivity index (χ1) is 7.79. The van der Waals surface area contributed by atoms with Crippen molar-refractivity contribution >= 4 is 11.8 Å². The Balaban J connectivity index is 1.74. The number of rotatable bonds is 4. The quantitative estimate of drug-likeness (QED) is 0.814. The molecule has 1 N–H and O–H groups in total. The van der Waals surface area contributed by atoms with E-state index >= 15 is 0 Å². The van der Waals surface area contributed by atoms with Crippen molar-refractivity contribution in [3.63, 3.8) is 0 Å². The van der Waals surface area contributed by atoms with E-state index in [1.165, 1.54) is 44.5 Å². The Morgan fingerprint density at radius 1 is 1.38 bits per heavy atom. The van der Waals surface area contributed by atoms with Crippen LogP contribution in [0.1, 0.15) is 39.5 Å². The maximum atomic E-state index is 3.60. The molecular weight excluding hydrogens is 216 g/mol. The van der Waals surface area contributed by atoms with E-state index in [2.05, 4.69) is 35.8 Å². The molecule has 3 heteroatoms. The molecule has 2 nitrogen and oxygen atoms in total. The van der Waals surface area contributed by atoms with Gasteiger partial charge >= 0.3 is 0 Å². The number of nitrogens with one attached hydrogen (secondary N) is 1. The lowest BCUT2D eigenvalue weighted by molar-refractivity contribution is 0.137. The summed E-state index contributed by atoms with van der Waals surface area (Å²) in [4.78, 5) is 2.72. The summed E-state index contributed by atoms with van der Waals surface area (Å²) in [5, 5.41) is 4.53. The van der Waals surface area contributed by atoms with Crippen molar-refractivity contribution < 1.29 is 0 Å². The molecule has 0 aliphatic carbocycles. The van der Waals surface area contributed by atoms with Crippen LogP contribution in [0.4, 0.5) is 0 Å². The third-order valence-corrected chi connectivity index (χ3v) is 5.35. The highest BCUT2D eigenvalue weighted by Gasteiger charge is 2.27. The minimum Gasteiger partial charge on any atom is -0.314 e. The summed E-state index contributed by atoms with van der Waals surface area (Å²) < 4.78 is 0. The van der Waals surface area contributed by atoms with Crippen molar-refractivity contribution in [1.82, 2.24) is 10.2 Å². The third-order valence-electron chi connectivity index (χ3n) is 3.97. The van der Waals surface area contributed by atoms with Crippen LogP contribution >= 0.6 is 11.8 Å². The van der Waals surface area contributed by atoms with Crippen molar-refractivity contribution in [3.05, 3.63) is 0 Å². The Bertz CT molecular complexity index is 204. The van der Waals surface area contributed by atoms with Crippen LogP contribution in [0.25, 0.3) is 0 Å². The third kappa shape index (κ3) is 3.38. The van der Waals surface area contributed by atoms with Gasteiger partial charge in [0.2, 0.25) is 0 Å².